The van der Waals surface area contributed by atoms with E-state index < -0.39 is 23.2 Å². The quantitative estimate of drug-likeness (QED) is 0.619. The van der Waals surface area contributed by atoms with Crippen molar-refractivity contribution < 1.29 is 24.5 Å². The van der Waals surface area contributed by atoms with Crippen LogP contribution in [0.25, 0.3) is 0 Å². The van der Waals surface area contributed by atoms with Crippen LogP contribution in [0, 0.1) is 5.92 Å². The number of ether oxygens (including phenoxy) is 1. The summed E-state index contributed by atoms with van der Waals surface area (Å²) in [6.07, 6.45) is 4.31. The molecule has 7 nitrogen and oxygen atoms in total. The number of hydrogen-bond acceptors (Lipinski definition) is 6. The van der Waals surface area contributed by atoms with Gasteiger partial charge in [-0.25, -0.2) is 0 Å². The standard InChI is InChI=1S/C28H28N2O5.ClH/c31-20-8-7-16-13-21-28(34)10-9-19(30-25(32)17-3-1-2-4-18(17)26(30)33)24-27(28,22(16)23(20)35-24)11-12-29(21)14-15-5-6-15;/h1-4,7-8,15,19,21,24,31,34H,5-6,9-14H2;1H/t19?,21-,24?,27+,28-;/m1./s1. The molecule has 3 fully saturated rings. The van der Waals surface area contributed by atoms with E-state index in [0.29, 0.717) is 36.1 Å². The summed E-state index contributed by atoms with van der Waals surface area (Å²) >= 11 is 0. The number of phenols is 1. The van der Waals surface area contributed by atoms with Crippen LogP contribution in [0.3, 0.4) is 0 Å². The number of aliphatic hydroxyl groups is 1. The van der Waals surface area contributed by atoms with Crippen molar-refractivity contribution in [2.45, 2.75) is 67.7 Å². The molecule has 5 atom stereocenters. The molecule has 1 spiro atoms. The van der Waals surface area contributed by atoms with Gasteiger partial charge in [0.15, 0.2) is 11.5 Å². The van der Waals surface area contributed by atoms with E-state index in [1.54, 1.807) is 30.3 Å². The first-order chi connectivity index (χ1) is 16.9. The Hall–Kier alpha value is -2.61. The molecular weight excluding hydrogens is 480 g/mol. The van der Waals surface area contributed by atoms with E-state index in [2.05, 4.69) is 4.90 Å². The number of amides is 2. The average Bonchev–Trinajstić information content (AvgIpc) is 3.54. The fourth-order valence-corrected chi connectivity index (χ4v) is 8.23. The first kappa shape index (κ1) is 22.6. The summed E-state index contributed by atoms with van der Waals surface area (Å²) < 4.78 is 6.55. The van der Waals surface area contributed by atoms with Gasteiger partial charge in [0.1, 0.15) is 6.10 Å². The number of benzene rings is 2. The van der Waals surface area contributed by atoms with Crippen LogP contribution in [0.5, 0.6) is 11.5 Å². The number of nitrogens with zero attached hydrogens (tertiary/aromatic N) is 2. The van der Waals surface area contributed by atoms with Crippen LogP contribution in [0.4, 0.5) is 0 Å². The van der Waals surface area contributed by atoms with Gasteiger partial charge in [-0.15, -0.1) is 12.4 Å². The highest BCUT2D eigenvalue weighted by molar-refractivity contribution is 6.21. The SMILES string of the molecule is Cl.O=C1c2ccccc2C(=O)N1C1CC[C@@]2(O)[C@H]3Cc4ccc(O)c5c4[C@@]2(CCN3CC2CC2)C1O5. The molecule has 2 saturated carbocycles. The Morgan fingerprint density at radius 3 is 2.42 bits per heavy atom. The van der Waals surface area contributed by atoms with Crippen LogP contribution in [0.2, 0.25) is 0 Å². The maximum atomic E-state index is 13.5. The van der Waals surface area contributed by atoms with Gasteiger partial charge in [-0.3, -0.25) is 19.4 Å². The highest BCUT2D eigenvalue weighted by atomic mass is 35.5. The van der Waals surface area contributed by atoms with Gasteiger partial charge in [-0.05, 0) is 74.8 Å². The van der Waals surface area contributed by atoms with Crippen molar-refractivity contribution in [3.05, 3.63) is 58.7 Å². The molecule has 36 heavy (non-hydrogen) atoms. The van der Waals surface area contributed by atoms with Crippen LogP contribution in [-0.2, 0) is 11.8 Å². The lowest BCUT2D eigenvalue weighted by Crippen LogP contribution is -2.78. The Morgan fingerprint density at radius 1 is 1.00 bits per heavy atom. The van der Waals surface area contributed by atoms with Crippen molar-refractivity contribution in [2.24, 2.45) is 5.92 Å². The third-order valence-electron chi connectivity index (χ3n) is 9.89. The summed E-state index contributed by atoms with van der Waals surface area (Å²) in [4.78, 5) is 30.8. The molecule has 2 bridgehead atoms. The smallest absolute Gasteiger partial charge is 0.261 e. The molecule has 8 rings (SSSR count). The van der Waals surface area contributed by atoms with Gasteiger partial charge in [-0.2, -0.15) is 0 Å². The molecule has 6 aliphatic rings. The number of aromatic hydroxyl groups is 1. The zero-order chi connectivity index (χ0) is 23.7. The van der Waals surface area contributed by atoms with Crippen LogP contribution < -0.4 is 4.74 Å². The Bertz CT molecular complexity index is 1290. The molecule has 2 aromatic rings. The van der Waals surface area contributed by atoms with Crippen molar-refractivity contribution in [3.8, 4) is 11.5 Å². The minimum absolute atomic E-state index is 0. The van der Waals surface area contributed by atoms with E-state index in [1.165, 1.54) is 17.7 Å². The molecule has 188 valence electrons. The predicted molar refractivity (Wildman–Crippen MR) is 133 cm³/mol. The molecule has 2 amide bonds. The minimum atomic E-state index is -1.04. The Balaban J connectivity index is 0.00000220. The number of fused-ring (bicyclic) bond motifs is 1. The number of hydrogen-bond donors (Lipinski definition) is 2. The summed E-state index contributed by atoms with van der Waals surface area (Å²) in [6, 6.07) is 10.1. The lowest BCUT2D eigenvalue weighted by Gasteiger charge is -2.64. The van der Waals surface area contributed by atoms with Gasteiger partial charge in [0.05, 0.1) is 28.2 Å². The summed E-state index contributed by atoms with van der Waals surface area (Å²) in [5.41, 5.74) is 1.09. The second-order valence-electron chi connectivity index (χ2n) is 11.4. The van der Waals surface area contributed by atoms with E-state index in [1.807, 2.05) is 6.07 Å². The molecule has 2 unspecified atom stereocenters. The molecular formula is C28H29ClN2O5. The number of likely N-dealkylation sites (tertiary alicyclic amines) is 1. The number of piperidine rings is 1. The van der Waals surface area contributed by atoms with E-state index in [4.69, 9.17) is 4.74 Å². The zero-order valence-corrected chi connectivity index (χ0v) is 20.7. The number of carbonyl (C=O) groups is 2. The average molecular weight is 509 g/mol. The lowest BCUT2D eigenvalue weighted by molar-refractivity contribution is -0.196. The maximum Gasteiger partial charge on any atom is 0.261 e. The lowest BCUT2D eigenvalue weighted by atomic mass is 9.48. The molecule has 3 aliphatic carbocycles. The van der Waals surface area contributed by atoms with Gasteiger partial charge in [0.25, 0.3) is 11.8 Å². The third-order valence-corrected chi connectivity index (χ3v) is 9.89. The molecule has 8 heteroatoms. The summed E-state index contributed by atoms with van der Waals surface area (Å²) in [7, 11) is 0. The molecule has 3 aliphatic heterocycles. The summed E-state index contributed by atoms with van der Waals surface area (Å²) in [6.45, 7) is 1.85. The Kier molecular flexibility index (Phi) is 4.54. The second kappa shape index (κ2) is 7.24. The first-order valence-corrected chi connectivity index (χ1v) is 12.9. The first-order valence-electron chi connectivity index (χ1n) is 12.9. The molecule has 0 radical (unpaired) electrons. The summed E-state index contributed by atoms with van der Waals surface area (Å²) in [5, 5.41) is 23.4. The highest BCUT2D eigenvalue weighted by Crippen LogP contribution is 2.66. The third kappa shape index (κ3) is 2.51. The Labute approximate surface area is 215 Å². The van der Waals surface area contributed by atoms with E-state index in [9.17, 15) is 19.8 Å². The fourth-order valence-electron chi connectivity index (χ4n) is 8.23. The van der Waals surface area contributed by atoms with Crippen molar-refractivity contribution >= 4 is 24.2 Å². The van der Waals surface area contributed by atoms with Crippen molar-refractivity contribution in [1.82, 2.24) is 9.80 Å². The van der Waals surface area contributed by atoms with Crippen LogP contribution in [-0.4, -0.2) is 68.7 Å². The molecule has 2 N–H and O–H groups in total. The monoisotopic (exact) mass is 508 g/mol. The van der Waals surface area contributed by atoms with Crippen LogP contribution in [0.1, 0.15) is 63.9 Å². The topological polar surface area (TPSA) is 90.3 Å². The van der Waals surface area contributed by atoms with E-state index in [-0.39, 0.29) is 36.0 Å². The maximum absolute atomic E-state index is 13.5. The van der Waals surface area contributed by atoms with Crippen molar-refractivity contribution in [1.29, 1.82) is 0 Å². The van der Waals surface area contributed by atoms with Gasteiger partial charge >= 0.3 is 0 Å². The number of rotatable bonds is 3. The molecule has 0 aromatic heterocycles. The normalized spacial score (nSPS) is 35.7. The largest absolute Gasteiger partial charge is 0.504 e. The van der Waals surface area contributed by atoms with Gasteiger partial charge < -0.3 is 14.9 Å². The minimum Gasteiger partial charge on any atom is -0.504 e. The molecule has 1 saturated heterocycles. The van der Waals surface area contributed by atoms with Gasteiger partial charge in [0.2, 0.25) is 0 Å². The number of carbonyl (C=O) groups excluding carboxylic acids is 2. The van der Waals surface area contributed by atoms with Crippen LogP contribution >= 0.6 is 12.4 Å². The van der Waals surface area contributed by atoms with E-state index in [0.717, 1.165) is 36.6 Å². The van der Waals surface area contributed by atoms with Gasteiger partial charge in [0, 0.05) is 18.2 Å². The fraction of sp³-hybridized carbons (Fsp3) is 0.500. The Morgan fingerprint density at radius 2 is 1.72 bits per heavy atom. The van der Waals surface area contributed by atoms with Crippen molar-refractivity contribution in [2.75, 3.05) is 13.1 Å². The number of halogens is 1. The predicted octanol–water partition coefficient (Wildman–Crippen LogP) is 3.04. The molecule has 2 aromatic carbocycles. The van der Waals surface area contributed by atoms with E-state index >= 15 is 0 Å². The molecule has 3 heterocycles. The van der Waals surface area contributed by atoms with Crippen LogP contribution in [0.15, 0.2) is 36.4 Å². The second-order valence-corrected chi connectivity index (χ2v) is 11.4. The zero-order valence-electron chi connectivity index (χ0n) is 19.9. The van der Waals surface area contributed by atoms with Gasteiger partial charge in [-0.1, -0.05) is 18.2 Å². The number of phenolic OH excluding ortho intramolecular Hbond substituents is 1. The van der Waals surface area contributed by atoms with Crippen molar-refractivity contribution in [3.63, 3.8) is 0 Å². The summed E-state index contributed by atoms with van der Waals surface area (Å²) in [5.74, 6) is 0.632. The highest BCUT2D eigenvalue weighted by Gasteiger charge is 2.74. The number of imide groups is 1.